The Morgan fingerprint density at radius 1 is 1.33 bits per heavy atom. The zero-order valence-corrected chi connectivity index (χ0v) is 9.62. The van der Waals surface area contributed by atoms with E-state index in [1.54, 1.807) is 0 Å². The van der Waals surface area contributed by atoms with E-state index in [1.807, 2.05) is 0 Å². The van der Waals surface area contributed by atoms with Gasteiger partial charge in [-0.1, -0.05) is 13.8 Å². The van der Waals surface area contributed by atoms with Crippen molar-refractivity contribution in [1.82, 2.24) is 0 Å². The Morgan fingerprint density at radius 2 is 1.93 bits per heavy atom. The van der Waals surface area contributed by atoms with Crippen LogP contribution in [-0.2, 0) is 14.3 Å². The average Bonchev–Trinajstić information content (AvgIpc) is 2.79. The molecule has 1 aliphatic heterocycles. The Bertz CT molecular complexity index is 239. The molecule has 0 aromatic rings. The highest BCUT2D eigenvalue weighted by molar-refractivity contribution is 5.79. The summed E-state index contributed by atoms with van der Waals surface area (Å²) in [5.41, 5.74) is -0.199. The first kappa shape index (κ1) is 10.9. The minimum atomic E-state index is -0.284. The summed E-state index contributed by atoms with van der Waals surface area (Å²) in [6, 6.07) is 0. The molecule has 15 heavy (non-hydrogen) atoms. The molecule has 0 aromatic carbocycles. The summed E-state index contributed by atoms with van der Waals surface area (Å²) in [7, 11) is 0. The Balaban J connectivity index is 1.82. The van der Waals surface area contributed by atoms with Crippen LogP contribution in [0.5, 0.6) is 0 Å². The van der Waals surface area contributed by atoms with Crippen molar-refractivity contribution in [3.8, 4) is 0 Å². The SMILES string of the molecule is CCC1(CC)OC1C(=O)OC1CCCC1. The van der Waals surface area contributed by atoms with E-state index in [1.165, 1.54) is 12.8 Å². The number of ether oxygens (including phenoxy) is 2. The van der Waals surface area contributed by atoms with Crippen LogP contribution < -0.4 is 0 Å². The predicted molar refractivity (Wildman–Crippen MR) is 56.5 cm³/mol. The number of epoxide rings is 1. The van der Waals surface area contributed by atoms with Gasteiger partial charge in [-0.05, 0) is 38.5 Å². The average molecular weight is 212 g/mol. The van der Waals surface area contributed by atoms with E-state index in [9.17, 15) is 4.79 Å². The second-order valence-electron chi connectivity index (χ2n) is 4.61. The quantitative estimate of drug-likeness (QED) is 0.530. The molecular weight excluding hydrogens is 192 g/mol. The largest absolute Gasteiger partial charge is 0.460 e. The second kappa shape index (κ2) is 4.12. The summed E-state index contributed by atoms with van der Waals surface area (Å²) < 4.78 is 10.9. The molecule has 1 heterocycles. The maximum Gasteiger partial charge on any atom is 0.338 e. The van der Waals surface area contributed by atoms with Crippen LogP contribution in [0.25, 0.3) is 0 Å². The normalized spacial score (nSPS) is 29.1. The van der Waals surface area contributed by atoms with Crippen LogP contribution in [0.3, 0.4) is 0 Å². The highest BCUT2D eigenvalue weighted by atomic mass is 16.7. The van der Waals surface area contributed by atoms with E-state index in [4.69, 9.17) is 9.47 Å². The molecule has 1 unspecified atom stereocenters. The molecule has 1 aliphatic carbocycles. The Hall–Kier alpha value is -0.570. The zero-order chi connectivity index (χ0) is 10.9. The van der Waals surface area contributed by atoms with Gasteiger partial charge in [-0.3, -0.25) is 0 Å². The summed E-state index contributed by atoms with van der Waals surface area (Å²) in [4.78, 5) is 11.7. The molecule has 0 amide bonds. The van der Waals surface area contributed by atoms with Crippen molar-refractivity contribution < 1.29 is 14.3 Å². The molecular formula is C12H20O3. The number of hydrogen-bond donors (Lipinski definition) is 0. The molecule has 3 heteroatoms. The molecule has 1 saturated carbocycles. The Morgan fingerprint density at radius 3 is 2.40 bits per heavy atom. The Kier molecular flexibility index (Phi) is 3.01. The third-order valence-electron chi connectivity index (χ3n) is 3.77. The van der Waals surface area contributed by atoms with Gasteiger partial charge in [0.25, 0.3) is 0 Å². The van der Waals surface area contributed by atoms with Crippen LogP contribution in [0, 0.1) is 0 Å². The maximum atomic E-state index is 11.7. The van der Waals surface area contributed by atoms with Gasteiger partial charge >= 0.3 is 5.97 Å². The van der Waals surface area contributed by atoms with Crippen LogP contribution in [0.4, 0.5) is 0 Å². The van der Waals surface area contributed by atoms with Crippen LogP contribution >= 0.6 is 0 Å². The first-order valence-electron chi connectivity index (χ1n) is 6.10. The fourth-order valence-electron chi connectivity index (χ4n) is 2.48. The molecule has 2 aliphatic rings. The van der Waals surface area contributed by atoms with E-state index in [-0.39, 0.29) is 23.8 Å². The van der Waals surface area contributed by atoms with Crippen molar-refractivity contribution in [2.24, 2.45) is 0 Å². The number of carbonyl (C=O) groups excluding carboxylic acids is 1. The first-order chi connectivity index (χ1) is 7.22. The van der Waals surface area contributed by atoms with Crippen LogP contribution in [0.1, 0.15) is 52.4 Å². The van der Waals surface area contributed by atoms with Gasteiger partial charge in [-0.15, -0.1) is 0 Å². The van der Waals surface area contributed by atoms with E-state index < -0.39 is 0 Å². The van der Waals surface area contributed by atoms with Crippen molar-refractivity contribution >= 4 is 5.97 Å². The summed E-state index contributed by atoms with van der Waals surface area (Å²) >= 11 is 0. The molecule has 0 bridgehead atoms. The Labute approximate surface area is 91.1 Å². The van der Waals surface area contributed by atoms with Gasteiger partial charge in [-0.25, -0.2) is 4.79 Å². The highest BCUT2D eigenvalue weighted by Crippen LogP contribution is 2.43. The lowest BCUT2D eigenvalue weighted by atomic mass is 9.99. The van der Waals surface area contributed by atoms with Gasteiger partial charge in [0.2, 0.25) is 0 Å². The van der Waals surface area contributed by atoms with Crippen LogP contribution in [-0.4, -0.2) is 23.8 Å². The van der Waals surface area contributed by atoms with Gasteiger partial charge in [0.1, 0.15) is 11.7 Å². The fraction of sp³-hybridized carbons (Fsp3) is 0.917. The number of hydrogen-bond acceptors (Lipinski definition) is 3. The van der Waals surface area contributed by atoms with Crippen molar-refractivity contribution in [1.29, 1.82) is 0 Å². The van der Waals surface area contributed by atoms with Crippen LogP contribution in [0.15, 0.2) is 0 Å². The molecule has 86 valence electrons. The lowest BCUT2D eigenvalue weighted by molar-refractivity contribution is -0.150. The highest BCUT2D eigenvalue weighted by Gasteiger charge is 2.59. The maximum absolute atomic E-state index is 11.7. The van der Waals surface area contributed by atoms with E-state index in [2.05, 4.69) is 13.8 Å². The fourth-order valence-corrected chi connectivity index (χ4v) is 2.48. The van der Waals surface area contributed by atoms with E-state index >= 15 is 0 Å². The van der Waals surface area contributed by atoms with Crippen molar-refractivity contribution in [2.75, 3.05) is 0 Å². The molecule has 2 rings (SSSR count). The molecule has 1 saturated heterocycles. The minimum Gasteiger partial charge on any atom is -0.460 e. The molecule has 0 spiro atoms. The second-order valence-corrected chi connectivity index (χ2v) is 4.61. The molecule has 2 fully saturated rings. The van der Waals surface area contributed by atoms with Gasteiger partial charge in [-0.2, -0.15) is 0 Å². The van der Waals surface area contributed by atoms with Gasteiger partial charge in [0.05, 0.1) is 0 Å². The first-order valence-corrected chi connectivity index (χ1v) is 6.10. The molecule has 3 nitrogen and oxygen atoms in total. The number of carbonyl (C=O) groups is 1. The summed E-state index contributed by atoms with van der Waals surface area (Å²) in [6.45, 7) is 4.12. The van der Waals surface area contributed by atoms with Crippen molar-refractivity contribution in [3.63, 3.8) is 0 Å². The topological polar surface area (TPSA) is 38.8 Å². The molecule has 0 aromatic heterocycles. The van der Waals surface area contributed by atoms with E-state index in [0.717, 1.165) is 25.7 Å². The molecule has 1 atom stereocenters. The summed E-state index contributed by atoms with van der Waals surface area (Å²) in [5, 5.41) is 0. The molecule has 0 N–H and O–H groups in total. The number of esters is 1. The van der Waals surface area contributed by atoms with Gasteiger partial charge < -0.3 is 9.47 Å². The zero-order valence-electron chi connectivity index (χ0n) is 9.62. The summed E-state index contributed by atoms with van der Waals surface area (Å²) in [6.07, 6.45) is 6.11. The third kappa shape index (κ3) is 2.03. The standard InChI is InChI=1S/C12H20O3/c1-3-12(4-2)10(15-12)11(13)14-9-7-5-6-8-9/h9-10H,3-8H2,1-2H3. The van der Waals surface area contributed by atoms with Gasteiger partial charge in [0, 0.05) is 0 Å². The monoisotopic (exact) mass is 212 g/mol. The summed E-state index contributed by atoms with van der Waals surface area (Å²) in [5.74, 6) is -0.134. The lowest BCUT2D eigenvalue weighted by Crippen LogP contribution is -2.25. The van der Waals surface area contributed by atoms with E-state index in [0.29, 0.717) is 0 Å². The lowest BCUT2D eigenvalue weighted by Gasteiger charge is -2.11. The minimum absolute atomic E-state index is 0.134. The predicted octanol–water partition coefficient (Wildman–Crippen LogP) is 2.43. The van der Waals surface area contributed by atoms with Crippen molar-refractivity contribution in [2.45, 2.75) is 70.2 Å². The third-order valence-corrected chi connectivity index (χ3v) is 3.77. The van der Waals surface area contributed by atoms with Crippen LogP contribution in [0.2, 0.25) is 0 Å². The van der Waals surface area contributed by atoms with Crippen molar-refractivity contribution in [3.05, 3.63) is 0 Å². The molecule has 0 radical (unpaired) electrons. The smallest absolute Gasteiger partial charge is 0.338 e. The number of rotatable bonds is 4. The van der Waals surface area contributed by atoms with Gasteiger partial charge in [0.15, 0.2) is 6.10 Å².